The van der Waals surface area contributed by atoms with Gasteiger partial charge in [-0.25, -0.2) is 0 Å². The molecule has 8 rings (SSSR count). The number of ketones is 1. The number of phenolic OH excluding ortho intramolecular Hbond substituents is 1. The SMILES string of the molecule is COCCOC(=O)C1CCCCC1Cc1c(O)c2c(=O)cc(CO)c3c4c(CO)cc(NC5CCCCC5C(=O)OCCOC)c5c(=O)c(OC)c6c(c(c1C=C(C)C6C(C)=O)c23)c54. The maximum Gasteiger partial charge on any atom is 0.311 e. The molecule has 64 heavy (non-hydrogen) atoms. The fourth-order valence-corrected chi connectivity index (χ4v) is 11.3. The molecular weight excluding hydrogens is 823 g/mol. The molecule has 14 nitrogen and oxygen atoms in total. The smallest absolute Gasteiger partial charge is 0.311 e. The first-order valence-corrected chi connectivity index (χ1v) is 22.4. The predicted molar refractivity (Wildman–Crippen MR) is 243 cm³/mol. The third kappa shape index (κ3) is 7.51. The van der Waals surface area contributed by atoms with Crippen molar-refractivity contribution < 1.29 is 53.4 Å². The van der Waals surface area contributed by atoms with Gasteiger partial charge in [0.25, 0.3) is 0 Å². The summed E-state index contributed by atoms with van der Waals surface area (Å²) in [7, 11) is 4.43. The Morgan fingerprint density at radius 2 is 1.31 bits per heavy atom. The monoisotopic (exact) mass is 879 g/mol. The first-order valence-electron chi connectivity index (χ1n) is 22.4. The van der Waals surface area contributed by atoms with Crippen LogP contribution in [0.5, 0.6) is 11.5 Å². The predicted octanol–water partition coefficient (Wildman–Crippen LogP) is 6.38. The summed E-state index contributed by atoms with van der Waals surface area (Å²) in [6, 6.07) is 2.50. The lowest BCUT2D eigenvalue weighted by Gasteiger charge is -2.33. The number of rotatable bonds is 16. The maximum atomic E-state index is 15.3. The molecule has 3 aliphatic rings. The Balaban J connectivity index is 1.50. The summed E-state index contributed by atoms with van der Waals surface area (Å²) in [6.07, 6.45) is 7.67. The summed E-state index contributed by atoms with van der Waals surface area (Å²) in [5, 5.41) is 41.0. The second kappa shape index (κ2) is 18.6. The third-order valence-corrected chi connectivity index (χ3v) is 14.1. The van der Waals surface area contributed by atoms with Crippen LogP contribution in [0.25, 0.3) is 49.2 Å². The number of methoxy groups -OCH3 is 3. The van der Waals surface area contributed by atoms with Crippen LogP contribution in [0, 0.1) is 17.8 Å². The topological polar surface area (TPSA) is 204 Å². The Kier molecular flexibility index (Phi) is 13.1. The summed E-state index contributed by atoms with van der Waals surface area (Å²) in [6.45, 7) is 2.79. The molecule has 0 aliphatic heterocycles. The number of aliphatic hydroxyl groups excluding tert-OH is 2. The average molecular weight is 880 g/mol. The van der Waals surface area contributed by atoms with Gasteiger partial charge in [0.2, 0.25) is 5.43 Å². The van der Waals surface area contributed by atoms with E-state index in [1.807, 2.05) is 6.08 Å². The highest BCUT2D eigenvalue weighted by molar-refractivity contribution is 6.39. The van der Waals surface area contributed by atoms with Gasteiger partial charge in [-0.3, -0.25) is 24.0 Å². The van der Waals surface area contributed by atoms with Gasteiger partial charge in [0.1, 0.15) is 24.7 Å². The average Bonchev–Trinajstić information content (AvgIpc) is 3.42. The zero-order valence-corrected chi connectivity index (χ0v) is 37.1. The van der Waals surface area contributed by atoms with Crippen molar-refractivity contribution >= 4 is 72.6 Å². The maximum absolute atomic E-state index is 15.3. The van der Waals surface area contributed by atoms with Crippen molar-refractivity contribution in [3.63, 3.8) is 0 Å². The first kappa shape index (κ1) is 45.2. The molecule has 340 valence electrons. The molecule has 0 heterocycles. The number of carbonyl (C=O) groups excluding carboxylic acids is 3. The number of benzene rings is 5. The number of allylic oxidation sites excluding steroid dienone is 1. The molecule has 2 saturated carbocycles. The molecule has 0 spiro atoms. The van der Waals surface area contributed by atoms with Crippen molar-refractivity contribution in [3.05, 3.63) is 66.0 Å². The summed E-state index contributed by atoms with van der Waals surface area (Å²) in [5.41, 5.74) is 1.63. The van der Waals surface area contributed by atoms with E-state index in [-0.39, 0.29) is 84.3 Å². The molecule has 5 unspecified atom stereocenters. The van der Waals surface area contributed by atoms with Gasteiger partial charge in [0.05, 0.1) is 62.1 Å². The Labute approximate surface area is 370 Å². The van der Waals surface area contributed by atoms with Crippen molar-refractivity contribution in [1.82, 2.24) is 0 Å². The molecule has 0 amide bonds. The summed E-state index contributed by atoms with van der Waals surface area (Å²) < 4.78 is 27.5. The van der Waals surface area contributed by atoms with E-state index in [0.29, 0.717) is 91.5 Å². The van der Waals surface area contributed by atoms with Crippen LogP contribution in [0.1, 0.15) is 98.9 Å². The van der Waals surface area contributed by atoms with Gasteiger partial charge in [-0.05, 0) is 102 Å². The van der Waals surface area contributed by atoms with E-state index in [1.54, 1.807) is 13.0 Å². The number of ether oxygens (including phenoxy) is 5. The highest BCUT2D eigenvalue weighted by atomic mass is 16.6. The number of aliphatic hydroxyl groups is 2. The molecule has 4 N–H and O–H groups in total. The van der Waals surface area contributed by atoms with Crippen LogP contribution in [0.2, 0.25) is 0 Å². The zero-order chi connectivity index (χ0) is 45.6. The number of fused-ring (bicyclic) bond motifs is 1. The number of esters is 2. The number of phenols is 1. The number of anilines is 1. The molecule has 0 bridgehead atoms. The van der Waals surface area contributed by atoms with E-state index in [9.17, 15) is 34.5 Å². The highest BCUT2D eigenvalue weighted by Crippen LogP contribution is 2.55. The summed E-state index contributed by atoms with van der Waals surface area (Å²) >= 11 is 0. The fourth-order valence-electron chi connectivity index (χ4n) is 11.3. The molecule has 3 aliphatic carbocycles. The Hall–Kier alpha value is -5.41. The number of aromatic hydroxyl groups is 1. The highest BCUT2D eigenvalue weighted by Gasteiger charge is 2.40. The van der Waals surface area contributed by atoms with Crippen LogP contribution >= 0.6 is 0 Å². The van der Waals surface area contributed by atoms with Crippen LogP contribution < -0.4 is 20.9 Å². The van der Waals surface area contributed by atoms with Crippen LogP contribution in [0.3, 0.4) is 0 Å². The number of Topliss-reactive ketones (excluding diaryl/α,β-unsaturated/α-hetero) is 1. The lowest BCUT2D eigenvalue weighted by atomic mass is 9.74. The van der Waals surface area contributed by atoms with E-state index < -0.39 is 47.9 Å². The van der Waals surface area contributed by atoms with Gasteiger partial charge in [0.15, 0.2) is 11.2 Å². The quantitative estimate of drug-likeness (QED) is 0.0368. The molecule has 5 atom stereocenters. The molecule has 5 aromatic carbocycles. The van der Waals surface area contributed by atoms with E-state index in [1.165, 1.54) is 34.3 Å². The van der Waals surface area contributed by atoms with E-state index in [4.69, 9.17) is 23.7 Å². The van der Waals surface area contributed by atoms with Gasteiger partial charge in [-0.2, -0.15) is 0 Å². The van der Waals surface area contributed by atoms with E-state index in [0.717, 1.165) is 25.7 Å². The van der Waals surface area contributed by atoms with Gasteiger partial charge < -0.3 is 44.3 Å². The third-order valence-electron chi connectivity index (χ3n) is 14.1. The van der Waals surface area contributed by atoms with Gasteiger partial charge >= 0.3 is 11.9 Å². The number of nitrogens with one attached hydrogen (secondary N) is 1. The van der Waals surface area contributed by atoms with Crippen molar-refractivity contribution in [1.29, 1.82) is 0 Å². The molecule has 14 heteroatoms. The Bertz CT molecular complexity index is 2800. The standard InChI is InChI=1S/C50H57NO13/c1-24-18-31-32(19-26-10-6-7-11-29(26)49(58)63-16-14-60-3)46(56)41-35(55)21-28(23-53)38-37-27(22-52)20-34(51-33-13-9-8-12-30(33)50(59)64-17-15-61-4)40-43(37)44(39(31)42(38)41)45(36(24)25(2)54)48(62-5)47(40)57/h18,20-21,26,29-30,33,36,51-53,56H,6-17,19,22-23H2,1-5H3. The lowest BCUT2D eigenvalue weighted by Crippen LogP contribution is -2.38. The van der Waals surface area contributed by atoms with Crippen LogP contribution in [0.15, 0.2) is 27.3 Å². The Morgan fingerprint density at radius 3 is 1.94 bits per heavy atom. The van der Waals surface area contributed by atoms with Crippen LogP contribution in [-0.4, -0.2) is 86.8 Å². The minimum atomic E-state index is -1.00. The second-order valence-electron chi connectivity index (χ2n) is 17.7. The van der Waals surface area contributed by atoms with Crippen molar-refractivity contribution in [2.45, 2.75) is 96.8 Å². The van der Waals surface area contributed by atoms with Gasteiger partial charge in [-0.15, -0.1) is 0 Å². The van der Waals surface area contributed by atoms with Crippen LogP contribution in [-0.2, 0) is 53.0 Å². The van der Waals surface area contributed by atoms with E-state index >= 15 is 4.79 Å². The van der Waals surface area contributed by atoms with Gasteiger partial charge in [-0.1, -0.05) is 37.3 Å². The first-order chi connectivity index (χ1) is 30.9. The minimum absolute atomic E-state index is 0.0126. The molecule has 5 aromatic rings. The van der Waals surface area contributed by atoms with Crippen molar-refractivity contribution in [2.24, 2.45) is 17.8 Å². The Morgan fingerprint density at radius 1 is 0.719 bits per heavy atom. The molecule has 2 fully saturated rings. The molecule has 0 radical (unpaired) electrons. The minimum Gasteiger partial charge on any atom is -0.507 e. The largest absolute Gasteiger partial charge is 0.507 e. The number of hydrogen-bond acceptors (Lipinski definition) is 14. The molecular formula is C50H57NO13. The molecule has 0 saturated heterocycles. The summed E-state index contributed by atoms with van der Waals surface area (Å²) in [5.74, 6) is -3.70. The van der Waals surface area contributed by atoms with Crippen molar-refractivity contribution in [2.75, 3.05) is 53.1 Å². The molecule has 0 aromatic heterocycles. The number of carbonyl (C=O) groups is 3. The lowest BCUT2D eigenvalue weighted by molar-refractivity contribution is -0.153. The summed E-state index contributed by atoms with van der Waals surface area (Å²) in [4.78, 5) is 71.0. The van der Waals surface area contributed by atoms with Crippen LogP contribution in [0.4, 0.5) is 5.69 Å². The van der Waals surface area contributed by atoms with Gasteiger partial charge in [0, 0.05) is 47.8 Å². The zero-order valence-electron chi connectivity index (χ0n) is 37.1. The fraction of sp³-hybridized carbons (Fsp3) is 0.500. The number of hydrogen-bond donors (Lipinski definition) is 4. The van der Waals surface area contributed by atoms with Crippen molar-refractivity contribution in [3.8, 4) is 11.5 Å². The van der Waals surface area contributed by atoms with E-state index in [2.05, 4.69) is 5.32 Å². The normalized spacial score (nSPS) is 21.1. The second-order valence-corrected chi connectivity index (χ2v) is 17.7.